The zero-order valence-electron chi connectivity index (χ0n) is 8.42. The molecule has 1 aliphatic rings. The van der Waals surface area contributed by atoms with Crippen LogP contribution >= 0.6 is 0 Å². The minimum atomic E-state index is -0.402. The molecule has 1 fully saturated rings. The molecule has 1 unspecified atom stereocenters. The Morgan fingerprint density at radius 1 is 1.36 bits per heavy atom. The molecule has 1 aromatic carbocycles. The molecule has 2 nitrogen and oxygen atoms in total. The van der Waals surface area contributed by atoms with E-state index in [2.05, 4.69) is 5.32 Å². The van der Waals surface area contributed by atoms with Gasteiger partial charge >= 0.3 is 0 Å². The van der Waals surface area contributed by atoms with Crippen molar-refractivity contribution in [3.05, 3.63) is 35.9 Å². The number of nitrogens with one attached hydrogen (secondary N) is 1. The van der Waals surface area contributed by atoms with Crippen LogP contribution in [0, 0.1) is 0 Å². The maximum Gasteiger partial charge on any atom is 0.154 e. The van der Waals surface area contributed by atoms with Crippen molar-refractivity contribution in [1.29, 1.82) is 0 Å². The van der Waals surface area contributed by atoms with Crippen LogP contribution in [0.4, 0.5) is 0 Å². The van der Waals surface area contributed by atoms with Crippen LogP contribution in [0.5, 0.6) is 0 Å². The molecule has 1 N–H and O–H groups in total. The van der Waals surface area contributed by atoms with Crippen LogP contribution in [-0.2, 0) is 10.3 Å². The van der Waals surface area contributed by atoms with E-state index in [1.165, 1.54) is 0 Å². The lowest BCUT2D eigenvalue weighted by molar-refractivity contribution is -0.123. The van der Waals surface area contributed by atoms with Gasteiger partial charge in [-0.2, -0.15) is 0 Å². The fraction of sp³-hybridized carbons (Fsp3) is 0.417. The van der Waals surface area contributed by atoms with Crippen molar-refractivity contribution in [2.75, 3.05) is 6.54 Å². The van der Waals surface area contributed by atoms with Crippen molar-refractivity contribution in [3.8, 4) is 0 Å². The highest BCUT2D eigenvalue weighted by Crippen LogP contribution is 2.31. The standard InChI is InChI=1S/C12H15NO/c1-10(14)12(8-5-9-13-12)11-6-3-2-4-7-11/h2-4,6-7,13H,5,8-9H2,1H3. The number of hydrogen-bond acceptors (Lipinski definition) is 2. The molecule has 0 spiro atoms. The Labute approximate surface area is 84.3 Å². The smallest absolute Gasteiger partial charge is 0.154 e. The summed E-state index contributed by atoms with van der Waals surface area (Å²) < 4.78 is 0. The zero-order valence-corrected chi connectivity index (χ0v) is 8.42. The van der Waals surface area contributed by atoms with Crippen LogP contribution in [0.25, 0.3) is 0 Å². The van der Waals surface area contributed by atoms with E-state index in [-0.39, 0.29) is 5.78 Å². The molecule has 14 heavy (non-hydrogen) atoms. The van der Waals surface area contributed by atoms with E-state index in [0.29, 0.717) is 0 Å². The third kappa shape index (κ3) is 1.36. The molecule has 2 rings (SSSR count). The molecular formula is C12H15NO. The van der Waals surface area contributed by atoms with Crippen LogP contribution < -0.4 is 5.32 Å². The fourth-order valence-corrected chi connectivity index (χ4v) is 2.22. The molecule has 0 amide bonds. The summed E-state index contributed by atoms with van der Waals surface area (Å²) in [6, 6.07) is 10.0. The third-order valence-corrected chi connectivity index (χ3v) is 3.02. The largest absolute Gasteiger partial charge is 0.301 e. The number of benzene rings is 1. The Balaban J connectivity index is 2.42. The van der Waals surface area contributed by atoms with Gasteiger partial charge in [0.15, 0.2) is 5.78 Å². The molecule has 1 aliphatic heterocycles. The first-order chi connectivity index (χ1) is 6.76. The molecule has 0 aromatic heterocycles. The minimum absolute atomic E-state index is 0.223. The van der Waals surface area contributed by atoms with E-state index in [4.69, 9.17) is 0 Å². The van der Waals surface area contributed by atoms with Crippen LogP contribution in [0.3, 0.4) is 0 Å². The molecular weight excluding hydrogens is 174 g/mol. The van der Waals surface area contributed by atoms with Crippen molar-refractivity contribution in [2.45, 2.75) is 25.3 Å². The molecule has 0 aliphatic carbocycles. The normalized spacial score (nSPS) is 26.4. The molecule has 1 saturated heterocycles. The second-order valence-electron chi connectivity index (χ2n) is 3.86. The highest BCUT2D eigenvalue weighted by molar-refractivity contribution is 5.87. The topological polar surface area (TPSA) is 29.1 Å². The average Bonchev–Trinajstić information content (AvgIpc) is 2.69. The number of ketones is 1. The lowest BCUT2D eigenvalue weighted by Gasteiger charge is -2.26. The number of rotatable bonds is 2. The number of Topliss-reactive ketones (excluding diaryl/α,β-unsaturated/α-hetero) is 1. The van der Waals surface area contributed by atoms with E-state index in [1.807, 2.05) is 30.3 Å². The number of hydrogen-bond donors (Lipinski definition) is 1. The highest BCUT2D eigenvalue weighted by atomic mass is 16.1. The number of carbonyl (C=O) groups excluding carboxylic acids is 1. The molecule has 2 heteroatoms. The maximum atomic E-state index is 11.7. The first kappa shape index (κ1) is 9.41. The van der Waals surface area contributed by atoms with Gasteiger partial charge in [-0.05, 0) is 31.9 Å². The minimum Gasteiger partial charge on any atom is -0.301 e. The van der Waals surface area contributed by atoms with Gasteiger partial charge in [0.2, 0.25) is 0 Å². The van der Waals surface area contributed by atoms with E-state index in [9.17, 15) is 4.79 Å². The second kappa shape index (κ2) is 3.54. The maximum absolute atomic E-state index is 11.7. The van der Waals surface area contributed by atoms with Gasteiger partial charge in [-0.15, -0.1) is 0 Å². The van der Waals surface area contributed by atoms with Gasteiger partial charge in [-0.3, -0.25) is 4.79 Å². The van der Waals surface area contributed by atoms with Crippen molar-refractivity contribution < 1.29 is 4.79 Å². The lowest BCUT2D eigenvalue weighted by Crippen LogP contribution is -2.43. The zero-order chi connectivity index (χ0) is 10.0. The average molecular weight is 189 g/mol. The molecule has 1 aromatic rings. The molecule has 0 bridgehead atoms. The highest BCUT2D eigenvalue weighted by Gasteiger charge is 2.39. The first-order valence-corrected chi connectivity index (χ1v) is 5.07. The summed E-state index contributed by atoms with van der Waals surface area (Å²) in [6.45, 7) is 2.61. The Morgan fingerprint density at radius 2 is 2.07 bits per heavy atom. The van der Waals surface area contributed by atoms with Gasteiger partial charge in [0, 0.05) is 0 Å². The monoisotopic (exact) mass is 189 g/mol. The second-order valence-corrected chi connectivity index (χ2v) is 3.86. The predicted octanol–water partition coefficient (Wildman–Crippen LogP) is 1.85. The summed E-state index contributed by atoms with van der Waals surface area (Å²) in [6.07, 6.45) is 2.00. The summed E-state index contributed by atoms with van der Waals surface area (Å²) in [4.78, 5) is 11.7. The summed E-state index contributed by atoms with van der Waals surface area (Å²) in [5.74, 6) is 0.223. The first-order valence-electron chi connectivity index (χ1n) is 5.07. The van der Waals surface area contributed by atoms with Crippen LogP contribution in [0.1, 0.15) is 25.3 Å². The van der Waals surface area contributed by atoms with Crippen molar-refractivity contribution in [2.24, 2.45) is 0 Å². The molecule has 1 atom stereocenters. The summed E-state index contributed by atoms with van der Waals surface area (Å²) in [5.41, 5.74) is 0.700. The van der Waals surface area contributed by atoms with E-state index in [1.54, 1.807) is 6.92 Å². The van der Waals surface area contributed by atoms with Crippen molar-refractivity contribution in [3.63, 3.8) is 0 Å². The molecule has 74 valence electrons. The van der Waals surface area contributed by atoms with Gasteiger partial charge in [0.1, 0.15) is 5.54 Å². The van der Waals surface area contributed by atoms with E-state index >= 15 is 0 Å². The van der Waals surface area contributed by atoms with E-state index in [0.717, 1.165) is 24.9 Å². The summed E-state index contributed by atoms with van der Waals surface area (Å²) in [7, 11) is 0. The molecule has 0 saturated carbocycles. The van der Waals surface area contributed by atoms with Gasteiger partial charge in [-0.25, -0.2) is 0 Å². The van der Waals surface area contributed by atoms with Crippen LogP contribution in [-0.4, -0.2) is 12.3 Å². The van der Waals surface area contributed by atoms with Gasteiger partial charge in [0.25, 0.3) is 0 Å². The van der Waals surface area contributed by atoms with Crippen LogP contribution in [0.15, 0.2) is 30.3 Å². The van der Waals surface area contributed by atoms with Gasteiger partial charge in [-0.1, -0.05) is 30.3 Å². The van der Waals surface area contributed by atoms with Crippen LogP contribution in [0.2, 0.25) is 0 Å². The molecule has 1 heterocycles. The summed E-state index contributed by atoms with van der Waals surface area (Å²) in [5, 5.41) is 3.34. The number of carbonyl (C=O) groups is 1. The fourth-order valence-electron chi connectivity index (χ4n) is 2.22. The quantitative estimate of drug-likeness (QED) is 0.769. The van der Waals surface area contributed by atoms with E-state index < -0.39 is 5.54 Å². The van der Waals surface area contributed by atoms with Gasteiger partial charge in [0.05, 0.1) is 0 Å². The van der Waals surface area contributed by atoms with Crippen molar-refractivity contribution in [1.82, 2.24) is 5.32 Å². The van der Waals surface area contributed by atoms with Crippen molar-refractivity contribution >= 4 is 5.78 Å². The molecule has 0 radical (unpaired) electrons. The Hall–Kier alpha value is -1.15. The summed E-state index contributed by atoms with van der Waals surface area (Å²) >= 11 is 0. The lowest BCUT2D eigenvalue weighted by atomic mass is 9.85. The predicted molar refractivity (Wildman–Crippen MR) is 56.0 cm³/mol. The Bertz CT molecular complexity index is 325. The Morgan fingerprint density at radius 3 is 2.57 bits per heavy atom. The van der Waals surface area contributed by atoms with Gasteiger partial charge < -0.3 is 5.32 Å². The Kier molecular flexibility index (Phi) is 2.38. The SMILES string of the molecule is CC(=O)C1(c2ccccc2)CCCN1. The third-order valence-electron chi connectivity index (χ3n) is 3.02.